The number of ether oxygens (including phenoxy) is 4. The van der Waals surface area contributed by atoms with Gasteiger partial charge in [-0.05, 0) is 13.8 Å². The molecule has 0 aromatic rings. The molecular weight excluding hydrogens is 232 g/mol. The summed E-state index contributed by atoms with van der Waals surface area (Å²) in [5.41, 5.74) is 2.04. The van der Waals surface area contributed by atoms with Crippen molar-refractivity contribution >= 4 is 0 Å². The molecule has 0 aromatic heterocycles. The minimum Gasteiger partial charge on any atom is -0.377 e. The second-order valence-electron chi connectivity index (χ2n) is 4.24. The molecule has 0 fully saturated rings. The summed E-state index contributed by atoms with van der Waals surface area (Å²) < 4.78 is 21.2. The van der Waals surface area contributed by atoms with Crippen LogP contribution in [0, 0.1) is 0 Å². The second-order valence-corrected chi connectivity index (χ2v) is 4.24. The summed E-state index contributed by atoms with van der Waals surface area (Å²) in [7, 11) is 0. The van der Waals surface area contributed by atoms with Crippen LogP contribution in [0.2, 0.25) is 0 Å². The first kappa shape index (κ1) is 17.3. The molecule has 0 aliphatic heterocycles. The summed E-state index contributed by atoms with van der Waals surface area (Å²) in [6, 6.07) is 0. The molecule has 0 rings (SSSR count). The van der Waals surface area contributed by atoms with Crippen LogP contribution in [-0.4, -0.2) is 52.9 Å². The van der Waals surface area contributed by atoms with Crippen LogP contribution in [0.5, 0.6) is 0 Å². The van der Waals surface area contributed by atoms with E-state index in [0.717, 1.165) is 11.1 Å². The van der Waals surface area contributed by atoms with Crippen LogP contribution >= 0.6 is 0 Å². The maximum Gasteiger partial charge on any atom is 0.0704 e. The molecule has 0 spiro atoms. The fourth-order valence-electron chi connectivity index (χ4n) is 1.05. The van der Waals surface area contributed by atoms with Crippen LogP contribution in [0.4, 0.5) is 0 Å². The molecule has 0 unspecified atom stereocenters. The fourth-order valence-corrected chi connectivity index (χ4v) is 1.05. The van der Waals surface area contributed by atoms with E-state index in [-0.39, 0.29) is 0 Å². The van der Waals surface area contributed by atoms with Crippen molar-refractivity contribution in [3.05, 3.63) is 24.3 Å². The smallest absolute Gasteiger partial charge is 0.0704 e. The molecular formula is C14H26O4. The van der Waals surface area contributed by atoms with Gasteiger partial charge in [0.25, 0.3) is 0 Å². The van der Waals surface area contributed by atoms with E-state index in [1.165, 1.54) is 0 Å². The molecule has 0 aliphatic rings. The summed E-state index contributed by atoms with van der Waals surface area (Å²) in [5.74, 6) is 0. The molecule has 0 saturated heterocycles. The monoisotopic (exact) mass is 258 g/mol. The summed E-state index contributed by atoms with van der Waals surface area (Å²) in [4.78, 5) is 0. The minimum absolute atomic E-state index is 0.580. The molecule has 0 bridgehead atoms. The van der Waals surface area contributed by atoms with Crippen LogP contribution in [0.1, 0.15) is 13.8 Å². The molecule has 106 valence electrons. The molecule has 0 aromatic carbocycles. The zero-order valence-electron chi connectivity index (χ0n) is 11.7. The average Bonchev–Trinajstić information content (AvgIpc) is 2.29. The van der Waals surface area contributed by atoms with E-state index < -0.39 is 0 Å². The van der Waals surface area contributed by atoms with Gasteiger partial charge in [0.2, 0.25) is 0 Å². The van der Waals surface area contributed by atoms with Gasteiger partial charge < -0.3 is 18.9 Å². The predicted octanol–water partition coefficient (Wildman–Crippen LogP) is 2.21. The molecule has 18 heavy (non-hydrogen) atoms. The Morgan fingerprint density at radius 2 is 0.889 bits per heavy atom. The highest BCUT2D eigenvalue weighted by Gasteiger charge is 1.92. The van der Waals surface area contributed by atoms with Gasteiger partial charge in [-0.25, -0.2) is 0 Å². The topological polar surface area (TPSA) is 36.9 Å². The lowest BCUT2D eigenvalue weighted by molar-refractivity contribution is 0.00285. The Kier molecular flexibility index (Phi) is 12.3. The lowest BCUT2D eigenvalue weighted by Crippen LogP contribution is -2.12. The Bertz CT molecular complexity index is 202. The van der Waals surface area contributed by atoms with Crippen molar-refractivity contribution in [2.75, 3.05) is 52.9 Å². The van der Waals surface area contributed by atoms with Gasteiger partial charge in [0.05, 0.1) is 52.9 Å². The lowest BCUT2D eigenvalue weighted by Gasteiger charge is -2.07. The quantitative estimate of drug-likeness (QED) is 0.375. The van der Waals surface area contributed by atoms with Gasteiger partial charge in [0, 0.05) is 0 Å². The third-order valence-corrected chi connectivity index (χ3v) is 1.81. The zero-order chi connectivity index (χ0) is 13.6. The Hall–Kier alpha value is -0.680. The number of rotatable bonds is 13. The van der Waals surface area contributed by atoms with E-state index in [4.69, 9.17) is 18.9 Å². The minimum atomic E-state index is 0.580. The molecule has 4 nitrogen and oxygen atoms in total. The van der Waals surface area contributed by atoms with Crippen molar-refractivity contribution in [3.8, 4) is 0 Å². The number of hydrogen-bond donors (Lipinski definition) is 0. The highest BCUT2D eigenvalue weighted by atomic mass is 16.6. The lowest BCUT2D eigenvalue weighted by atomic mass is 10.4. The molecule has 0 radical (unpaired) electrons. The van der Waals surface area contributed by atoms with Gasteiger partial charge >= 0.3 is 0 Å². The van der Waals surface area contributed by atoms with Gasteiger partial charge in [0.1, 0.15) is 0 Å². The van der Waals surface area contributed by atoms with Crippen LogP contribution in [0.3, 0.4) is 0 Å². The fraction of sp³-hybridized carbons (Fsp3) is 0.714. The molecule has 0 saturated carbocycles. The molecule has 4 heteroatoms. The maximum absolute atomic E-state index is 5.33. The summed E-state index contributed by atoms with van der Waals surface area (Å²) in [5, 5.41) is 0. The van der Waals surface area contributed by atoms with Gasteiger partial charge in [0.15, 0.2) is 0 Å². The molecule has 0 aliphatic carbocycles. The largest absolute Gasteiger partial charge is 0.377 e. The van der Waals surface area contributed by atoms with Gasteiger partial charge in [-0.15, -0.1) is 0 Å². The van der Waals surface area contributed by atoms with Gasteiger partial charge in [-0.1, -0.05) is 24.3 Å². The average molecular weight is 258 g/mol. The Balaban J connectivity index is 2.99. The van der Waals surface area contributed by atoms with E-state index >= 15 is 0 Å². The SMILES string of the molecule is C=C(C)COCCOCCOCCOCC(=C)C. The molecule has 0 N–H and O–H groups in total. The first-order valence-corrected chi connectivity index (χ1v) is 6.22. The summed E-state index contributed by atoms with van der Waals surface area (Å²) in [6.45, 7) is 16.1. The standard InChI is InChI=1S/C14H26O4/c1-13(2)11-17-9-7-15-5-6-16-8-10-18-12-14(3)4/h1,3,5-12H2,2,4H3. The van der Waals surface area contributed by atoms with Crippen LogP contribution < -0.4 is 0 Å². The third-order valence-electron chi connectivity index (χ3n) is 1.81. The zero-order valence-corrected chi connectivity index (χ0v) is 11.7. The Morgan fingerprint density at radius 3 is 1.17 bits per heavy atom. The van der Waals surface area contributed by atoms with Crippen molar-refractivity contribution in [1.29, 1.82) is 0 Å². The highest BCUT2D eigenvalue weighted by Crippen LogP contribution is 1.89. The summed E-state index contributed by atoms with van der Waals surface area (Å²) >= 11 is 0. The van der Waals surface area contributed by atoms with Crippen molar-refractivity contribution in [2.45, 2.75) is 13.8 Å². The van der Waals surface area contributed by atoms with Crippen LogP contribution in [0.25, 0.3) is 0 Å². The second kappa shape index (κ2) is 12.8. The van der Waals surface area contributed by atoms with Crippen molar-refractivity contribution in [2.24, 2.45) is 0 Å². The molecule has 0 amide bonds. The third kappa shape index (κ3) is 15.3. The first-order chi connectivity index (χ1) is 8.63. The Morgan fingerprint density at radius 1 is 0.611 bits per heavy atom. The first-order valence-electron chi connectivity index (χ1n) is 6.22. The highest BCUT2D eigenvalue weighted by molar-refractivity contribution is 4.87. The van der Waals surface area contributed by atoms with Gasteiger partial charge in [-0.2, -0.15) is 0 Å². The Labute approximate surface area is 111 Å². The van der Waals surface area contributed by atoms with Crippen molar-refractivity contribution < 1.29 is 18.9 Å². The van der Waals surface area contributed by atoms with E-state index in [1.54, 1.807) is 0 Å². The van der Waals surface area contributed by atoms with Crippen molar-refractivity contribution in [1.82, 2.24) is 0 Å². The van der Waals surface area contributed by atoms with E-state index in [9.17, 15) is 0 Å². The van der Waals surface area contributed by atoms with Crippen molar-refractivity contribution in [3.63, 3.8) is 0 Å². The number of hydrogen-bond acceptors (Lipinski definition) is 4. The van der Waals surface area contributed by atoms with Crippen LogP contribution in [0.15, 0.2) is 24.3 Å². The normalized spacial score (nSPS) is 10.6. The van der Waals surface area contributed by atoms with Gasteiger partial charge in [-0.3, -0.25) is 0 Å². The van der Waals surface area contributed by atoms with E-state index in [1.807, 2.05) is 13.8 Å². The molecule has 0 atom stereocenters. The summed E-state index contributed by atoms with van der Waals surface area (Å²) in [6.07, 6.45) is 0. The van der Waals surface area contributed by atoms with E-state index in [2.05, 4.69) is 13.2 Å². The molecule has 0 heterocycles. The maximum atomic E-state index is 5.33. The van der Waals surface area contributed by atoms with Crippen LogP contribution in [-0.2, 0) is 18.9 Å². The predicted molar refractivity (Wildman–Crippen MR) is 72.9 cm³/mol. The van der Waals surface area contributed by atoms with E-state index in [0.29, 0.717) is 52.9 Å².